The Hall–Kier alpha value is -1.04. The van der Waals surface area contributed by atoms with Crippen molar-refractivity contribution in [3.05, 3.63) is 45.5 Å². The Bertz CT molecular complexity index is 516. The second-order valence-electron chi connectivity index (χ2n) is 3.37. The van der Waals surface area contributed by atoms with E-state index in [4.69, 9.17) is 21.1 Å². The molecule has 2 aromatic rings. The lowest BCUT2D eigenvalue weighted by Gasteiger charge is -2.06. The monoisotopic (exact) mass is 316 g/mol. The van der Waals surface area contributed by atoms with Crippen LogP contribution in [-0.4, -0.2) is 10.1 Å². The fourth-order valence-electron chi connectivity index (χ4n) is 1.33. The SMILES string of the molecule is OCc1ccc(CNc2cc(Br)cnc2Cl)o1. The number of nitrogens with zero attached hydrogens (tertiary/aromatic N) is 1. The molecule has 2 heterocycles. The summed E-state index contributed by atoms with van der Waals surface area (Å²) in [6.07, 6.45) is 1.63. The highest BCUT2D eigenvalue weighted by Crippen LogP contribution is 2.23. The highest BCUT2D eigenvalue weighted by molar-refractivity contribution is 9.10. The molecule has 17 heavy (non-hydrogen) atoms. The molecule has 0 amide bonds. The Morgan fingerprint density at radius 1 is 1.41 bits per heavy atom. The lowest BCUT2D eigenvalue weighted by atomic mass is 10.4. The summed E-state index contributed by atoms with van der Waals surface area (Å²) in [5, 5.41) is 12.4. The van der Waals surface area contributed by atoms with Gasteiger partial charge in [0.25, 0.3) is 0 Å². The van der Waals surface area contributed by atoms with Gasteiger partial charge < -0.3 is 14.8 Å². The number of furan rings is 1. The van der Waals surface area contributed by atoms with E-state index in [0.717, 1.165) is 15.9 Å². The quantitative estimate of drug-likeness (QED) is 0.850. The van der Waals surface area contributed by atoms with Gasteiger partial charge in [-0.15, -0.1) is 0 Å². The predicted molar refractivity (Wildman–Crippen MR) is 68.9 cm³/mol. The number of hydrogen-bond acceptors (Lipinski definition) is 4. The van der Waals surface area contributed by atoms with E-state index in [1.165, 1.54) is 0 Å². The molecule has 2 rings (SSSR count). The Labute approximate surface area is 112 Å². The summed E-state index contributed by atoms with van der Waals surface area (Å²) in [7, 11) is 0. The highest BCUT2D eigenvalue weighted by Gasteiger charge is 2.04. The fourth-order valence-corrected chi connectivity index (χ4v) is 1.83. The van der Waals surface area contributed by atoms with Crippen LogP contribution >= 0.6 is 27.5 Å². The number of pyridine rings is 1. The van der Waals surface area contributed by atoms with E-state index < -0.39 is 0 Å². The molecule has 0 atom stereocenters. The van der Waals surface area contributed by atoms with Crippen molar-refractivity contribution in [3.63, 3.8) is 0 Å². The normalized spacial score (nSPS) is 10.5. The topological polar surface area (TPSA) is 58.3 Å². The Morgan fingerprint density at radius 3 is 2.88 bits per heavy atom. The molecule has 0 saturated heterocycles. The van der Waals surface area contributed by atoms with Crippen LogP contribution in [0.1, 0.15) is 11.5 Å². The van der Waals surface area contributed by atoms with Crippen molar-refractivity contribution in [1.29, 1.82) is 0 Å². The first-order valence-corrected chi connectivity index (χ1v) is 6.09. The number of aliphatic hydroxyl groups is 1. The fraction of sp³-hybridized carbons (Fsp3) is 0.182. The highest BCUT2D eigenvalue weighted by atomic mass is 79.9. The second-order valence-corrected chi connectivity index (χ2v) is 4.65. The molecule has 0 aliphatic carbocycles. The molecule has 0 aliphatic rings. The van der Waals surface area contributed by atoms with E-state index in [9.17, 15) is 0 Å². The summed E-state index contributed by atoms with van der Waals surface area (Å²) in [6, 6.07) is 5.38. The summed E-state index contributed by atoms with van der Waals surface area (Å²) in [6.45, 7) is 0.386. The average Bonchev–Trinajstić information content (AvgIpc) is 2.78. The van der Waals surface area contributed by atoms with Crippen LogP contribution in [0.5, 0.6) is 0 Å². The summed E-state index contributed by atoms with van der Waals surface area (Å²) < 4.78 is 6.18. The molecule has 90 valence electrons. The van der Waals surface area contributed by atoms with Gasteiger partial charge in [0.2, 0.25) is 0 Å². The maximum atomic E-state index is 8.87. The van der Waals surface area contributed by atoms with E-state index in [1.807, 2.05) is 6.07 Å². The van der Waals surface area contributed by atoms with Crippen LogP contribution in [-0.2, 0) is 13.2 Å². The number of anilines is 1. The van der Waals surface area contributed by atoms with Crippen LogP contribution in [0, 0.1) is 0 Å². The number of hydrogen-bond donors (Lipinski definition) is 2. The van der Waals surface area contributed by atoms with Crippen LogP contribution in [0.3, 0.4) is 0 Å². The van der Waals surface area contributed by atoms with Crippen LogP contribution in [0.25, 0.3) is 0 Å². The predicted octanol–water partition coefficient (Wildman–Crippen LogP) is 3.19. The van der Waals surface area contributed by atoms with Crippen LogP contribution in [0.15, 0.2) is 33.3 Å². The molecule has 4 nitrogen and oxygen atoms in total. The van der Waals surface area contributed by atoms with E-state index in [0.29, 0.717) is 17.5 Å². The molecule has 2 N–H and O–H groups in total. The van der Waals surface area contributed by atoms with Gasteiger partial charge in [0.15, 0.2) is 5.15 Å². The Kier molecular flexibility index (Phi) is 4.04. The van der Waals surface area contributed by atoms with Crippen molar-refractivity contribution in [1.82, 2.24) is 4.98 Å². The smallest absolute Gasteiger partial charge is 0.152 e. The molecule has 0 unspecified atom stereocenters. The summed E-state index contributed by atoms with van der Waals surface area (Å²) >= 11 is 9.25. The number of rotatable bonds is 4. The minimum atomic E-state index is -0.0980. The van der Waals surface area contributed by atoms with Gasteiger partial charge in [-0.25, -0.2) is 4.98 Å². The first-order valence-electron chi connectivity index (χ1n) is 4.92. The summed E-state index contributed by atoms with van der Waals surface area (Å²) in [5.41, 5.74) is 0.725. The van der Waals surface area contributed by atoms with Crippen molar-refractivity contribution >= 4 is 33.2 Å². The molecule has 6 heteroatoms. The number of halogens is 2. The van der Waals surface area contributed by atoms with Gasteiger partial charge in [0.1, 0.15) is 18.1 Å². The zero-order valence-corrected chi connectivity index (χ0v) is 11.1. The third-order valence-electron chi connectivity index (χ3n) is 2.13. The number of nitrogens with one attached hydrogen (secondary N) is 1. The standard InChI is InChI=1S/C11H10BrClN2O2/c12-7-3-10(11(13)15-4-7)14-5-8-1-2-9(6-16)17-8/h1-4,14,16H,5-6H2. The van der Waals surface area contributed by atoms with Crippen molar-refractivity contribution in [2.45, 2.75) is 13.2 Å². The van der Waals surface area contributed by atoms with Crippen molar-refractivity contribution in [3.8, 4) is 0 Å². The minimum absolute atomic E-state index is 0.0980. The molecule has 0 spiro atoms. The molecule has 0 bridgehead atoms. The third-order valence-corrected chi connectivity index (χ3v) is 2.87. The molecular formula is C11H10BrClN2O2. The van der Waals surface area contributed by atoms with Gasteiger partial charge in [0, 0.05) is 10.7 Å². The summed E-state index contributed by atoms with van der Waals surface area (Å²) in [4.78, 5) is 4.00. The van der Waals surface area contributed by atoms with E-state index in [2.05, 4.69) is 26.2 Å². The number of aromatic nitrogens is 1. The first-order chi connectivity index (χ1) is 8.19. The zero-order valence-electron chi connectivity index (χ0n) is 8.78. The average molecular weight is 318 g/mol. The minimum Gasteiger partial charge on any atom is -0.462 e. The van der Waals surface area contributed by atoms with Gasteiger partial charge >= 0.3 is 0 Å². The summed E-state index contributed by atoms with van der Waals surface area (Å²) in [5.74, 6) is 1.27. The van der Waals surface area contributed by atoms with Gasteiger partial charge in [-0.2, -0.15) is 0 Å². The lowest BCUT2D eigenvalue weighted by molar-refractivity contribution is 0.244. The molecule has 0 fully saturated rings. The molecule has 0 aromatic carbocycles. The van der Waals surface area contributed by atoms with E-state index >= 15 is 0 Å². The Morgan fingerprint density at radius 2 is 2.18 bits per heavy atom. The first kappa shape index (κ1) is 12.4. The maximum absolute atomic E-state index is 8.87. The number of aliphatic hydroxyl groups excluding tert-OH is 1. The molecule has 0 aliphatic heterocycles. The molecule has 2 aromatic heterocycles. The van der Waals surface area contributed by atoms with Crippen molar-refractivity contribution in [2.24, 2.45) is 0 Å². The van der Waals surface area contributed by atoms with Gasteiger partial charge in [-0.05, 0) is 34.1 Å². The van der Waals surface area contributed by atoms with Gasteiger partial charge in [0.05, 0.1) is 12.2 Å². The third kappa shape index (κ3) is 3.21. The zero-order chi connectivity index (χ0) is 12.3. The Balaban J connectivity index is 2.04. The maximum Gasteiger partial charge on any atom is 0.152 e. The van der Waals surface area contributed by atoms with Crippen molar-refractivity contribution in [2.75, 3.05) is 5.32 Å². The largest absolute Gasteiger partial charge is 0.462 e. The van der Waals surface area contributed by atoms with Crippen LogP contribution < -0.4 is 5.32 Å². The van der Waals surface area contributed by atoms with Gasteiger partial charge in [-0.3, -0.25) is 0 Å². The lowest BCUT2D eigenvalue weighted by Crippen LogP contribution is -1.99. The van der Waals surface area contributed by atoms with Gasteiger partial charge in [-0.1, -0.05) is 11.6 Å². The van der Waals surface area contributed by atoms with Crippen molar-refractivity contribution < 1.29 is 9.52 Å². The van der Waals surface area contributed by atoms with E-state index in [-0.39, 0.29) is 6.61 Å². The van der Waals surface area contributed by atoms with Crippen LogP contribution in [0.4, 0.5) is 5.69 Å². The second kappa shape index (κ2) is 5.53. The molecule has 0 saturated carbocycles. The van der Waals surface area contributed by atoms with Crippen LogP contribution in [0.2, 0.25) is 5.15 Å². The molecule has 0 radical (unpaired) electrons. The molecular weight excluding hydrogens is 307 g/mol. The van der Waals surface area contributed by atoms with E-state index in [1.54, 1.807) is 18.3 Å².